The van der Waals surface area contributed by atoms with Gasteiger partial charge in [0, 0.05) is 12.1 Å². The van der Waals surface area contributed by atoms with Crippen LogP contribution in [0.1, 0.15) is 48.8 Å². The summed E-state index contributed by atoms with van der Waals surface area (Å²) in [5.41, 5.74) is 6.28. The summed E-state index contributed by atoms with van der Waals surface area (Å²) >= 11 is 0. The number of benzene rings is 2. The molecule has 25 heavy (non-hydrogen) atoms. The van der Waals surface area contributed by atoms with Gasteiger partial charge < -0.3 is 15.0 Å². The van der Waals surface area contributed by atoms with Crippen molar-refractivity contribution in [3.8, 4) is 5.75 Å². The first kappa shape index (κ1) is 16.2. The molecule has 130 valence electrons. The van der Waals surface area contributed by atoms with E-state index < -0.39 is 0 Å². The SMILES string of the molecule is CCOc1cc2c(cc1CNC(C)c1nc3ccccc3[nH]1)CCC2. The molecule has 4 nitrogen and oxygen atoms in total. The summed E-state index contributed by atoms with van der Waals surface area (Å²) in [6.45, 7) is 5.67. The van der Waals surface area contributed by atoms with Gasteiger partial charge in [-0.15, -0.1) is 0 Å². The fourth-order valence-electron chi connectivity index (χ4n) is 3.62. The lowest BCUT2D eigenvalue weighted by atomic mass is 10.0. The Hall–Kier alpha value is -2.33. The Bertz CT molecular complexity index is 851. The molecule has 0 radical (unpaired) electrons. The normalized spacial score (nSPS) is 14.6. The van der Waals surface area contributed by atoms with Gasteiger partial charge in [0.2, 0.25) is 0 Å². The van der Waals surface area contributed by atoms with E-state index in [0.717, 1.165) is 29.2 Å². The van der Waals surface area contributed by atoms with Gasteiger partial charge in [-0.1, -0.05) is 18.2 Å². The predicted molar refractivity (Wildman–Crippen MR) is 101 cm³/mol. The molecule has 1 aromatic heterocycles. The van der Waals surface area contributed by atoms with Crippen molar-refractivity contribution in [3.63, 3.8) is 0 Å². The molecule has 0 saturated carbocycles. The van der Waals surface area contributed by atoms with E-state index in [-0.39, 0.29) is 6.04 Å². The number of rotatable bonds is 6. The molecule has 1 atom stereocenters. The molecular formula is C21H25N3O. The quantitative estimate of drug-likeness (QED) is 0.706. The Kier molecular flexibility index (Phi) is 4.45. The minimum absolute atomic E-state index is 0.148. The number of nitrogens with zero attached hydrogens (tertiary/aromatic N) is 1. The van der Waals surface area contributed by atoms with Crippen LogP contribution < -0.4 is 10.1 Å². The van der Waals surface area contributed by atoms with E-state index >= 15 is 0 Å². The van der Waals surface area contributed by atoms with Gasteiger partial charge in [-0.3, -0.25) is 0 Å². The van der Waals surface area contributed by atoms with Crippen LogP contribution in [0.3, 0.4) is 0 Å². The van der Waals surface area contributed by atoms with Crippen LogP contribution in [0.25, 0.3) is 11.0 Å². The van der Waals surface area contributed by atoms with Gasteiger partial charge in [0.1, 0.15) is 11.6 Å². The summed E-state index contributed by atoms with van der Waals surface area (Å²) < 4.78 is 5.88. The molecule has 2 N–H and O–H groups in total. The second-order valence-corrected chi connectivity index (χ2v) is 6.76. The monoisotopic (exact) mass is 335 g/mol. The molecule has 4 rings (SSSR count). The van der Waals surface area contributed by atoms with Crippen molar-refractivity contribution in [2.24, 2.45) is 0 Å². The third kappa shape index (κ3) is 3.27. The first-order valence-corrected chi connectivity index (χ1v) is 9.20. The number of ether oxygens (including phenoxy) is 1. The van der Waals surface area contributed by atoms with Crippen molar-refractivity contribution in [3.05, 3.63) is 58.9 Å². The molecule has 0 aliphatic heterocycles. The van der Waals surface area contributed by atoms with E-state index in [9.17, 15) is 0 Å². The Labute approximate surface area is 148 Å². The van der Waals surface area contributed by atoms with E-state index in [0.29, 0.717) is 6.61 Å². The van der Waals surface area contributed by atoms with Gasteiger partial charge >= 0.3 is 0 Å². The number of nitrogens with one attached hydrogen (secondary N) is 2. The van der Waals surface area contributed by atoms with Crippen LogP contribution >= 0.6 is 0 Å². The molecule has 0 spiro atoms. The fraction of sp³-hybridized carbons (Fsp3) is 0.381. The Balaban J connectivity index is 1.52. The number of para-hydroxylation sites is 2. The average Bonchev–Trinajstić information content (AvgIpc) is 3.25. The Morgan fingerprint density at radius 1 is 1.20 bits per heavy atom. The maximum absolute atomic E-state index is 5.88. The number of aryl methyl sites for hydroxylation is 2. The molecular weight excluding hydrogens is 310 g/mol. The maximum Gasteiger partial charge on any atom is 0.124 e. The molecule has 4 heteroatoms. The summed E-state index contributed by atoms with van der Waals surface area (Å²) in [5, 5.41) is 3.59. The fourth-order valence-corrected chi connectivity index (χ4v) is 3.62. The zero-order valence-corrected chi connectivity index (χ0v) is 14.9. The van der Waals surface area contributed by atoms with Crippen LogP contribution in [0.2, 0.25) is 0 Å². The zero-order chi connectivity index (χ0) is 17.2. The third-order valence-electron chi connectivity index (χ3n) is 4.99. The highest BCUT2D eigenvalue weighted by Crippen LogP contribution is 2.30. The number of fused-ring (bicyclic) bond motifs is 2. The summed E-state index contributed by atoms with van der Waals surface area (Å²) in [6, 6.07) is 12.9. The van der Waals surface area contributed by atoms with Gasteiger partial charge in [0.05, 0.1) is 23.7 Å². The molecule has 0 fully saturated rings. The number of H-pyrrole nitrogens is 1. The van der Waals surface area contributed by atoms with Crippen molar-refractivity contribution < 1.29 is 4.74 Å². The molecule has 1 heterocycles. The standard InChI is InChI=1S/C21H25N3O/c1-3-25-20-12-16-8-6-7-15(16)11-17(20)13-22-14(2)21-23-18-9-4-5-10-19(18)24-21/h4-5,9-12,14,22H,3,6-8,13H2,1-2H3,(H,23,24). The van der Waals surface area contributed by atoms with Crippen LogP contribution in [-0.4, -0.2) is 16.6 Å². The maximum atomic E-state index is 5.88. The smallest absolute Gasteiger partial charge is 0.124 e. The first-order valence-electron chi connectivity index (χ1n) is 9.20. The minimum atomic E-state index is 0.148. The van der Waals surface area contributed by atoms with Crippen molar-refractivity contribution in [2.75, 3.05) is 6.61 Å². The molecule has 1 aliphatic rings. The highest BCUT2D eigenvalue weighted by molar-refractivity contribution is 5.74. The van der Waals surface area contributed by atoms with Crippen molar-refractivity contribution in [1.82, 2.24) is 15.3 Å². The van der Waals surface area contributed by atoms with E-state index in [4.69, 9.17) is 9.72 Å². The van der Waals surface area contributed by atoms with Crippen LogP contribution in [-0.2, 0) is 19.4 Å². The van der Waals surface area contributed by atoms with Crippen molar-refractivity contribution in [1.29, 1.82) is 0 Å². The number of aromatic amines is 1. The molecule has 0 bridgehead atoms. The van der Waals surface area contributed by atoms with Crippen LogP contribution in [0.15, 0.2) is 36.4 Å². The van der Waals surface area contributed by atoms with E-state index in [1.54, 1.807) is 0 Å². The van der Waals surface area contributed by atoms with E-state index in [1.165, 1.54) is 36.0 Å². The summed E-state index contributed by atoms with van der Waals surface area (Å²) in [6.07, 6.45) is 3.62. The second-order valence-electron chi connectivity index (χ2n) is 6.76. The second kappa shape index (κ2) is 6.89. The van der Waals surface area contributed by atoms with Crippen molar-refractivity contribution >= 4 is 11.0 Å². The number of hydrogen-bond acceptors (Lipinski definition) is 3. The lowest BCUT2D eigenvalue weighted by Crippen LogP contribution is -2.20. The van der Waals surface area contributed by atoms with Gasteiger partial charge in [-0.25, -0.2) is 4.98 Å². The third-order valence-corrected chi connectivity index (χ3v) is 4.99. The summed E-state index contributed by atoms with van der Waals surface area (Å²) in [4.78, 5) is 8.10. The van der Waals surface area contributed by atoms with E-state index in [1.807, 2.05) is 25.1 Å². The summed E-state index contributed by atoms with van der Waals surface area (Å²) in [7, 11) is 0. The Morgan fingerprint density at radius 2 is 2.00 bits per heavy atom. The average molecular weight is 335 g/mol. The highest BCUT2D eigenvalue weighted by atomic mass is 16.5. The van der Waals surface area contributed by atoms with Gasteiger partial charge in [-0.05, 0) is 62.4 Å². The Morgan fingerprint density at radius 3 is 2.80 bits per heavy atom. The molecule has 0 saturated heterocycles. The van der Waals surface area contributed by atoms with Crippen LogP contribution in [0, 0.1) is 0 Å². The van der Waals surface area contributed by atoms with Crippen molar-refractivity contribution in [2.45, 2.75) is 45.7 Å². The van der Waals surface area contributed by atoms with E-state index in [2.05, 4.69) is 35.4 Å². The summed E-state index contributed by atoms with van der Waals surface area (Å²) in [5.74, 6) is 1.99. The van der Waals surface area contributed by atoms with Gasteiger partial charge in [0.25, 0.3) is 0 Å². The molecule has 1 aliphatic carbocycles. The van der Waals surface area contributed by atoms with Crippen LogP contribution in [0.4, 0.5) is 0 Å². The van der Waals surface area contributed by atoms with Gasteiger partial charge in [-0.2, -0.15) is 0 Å². The lowest BCUT2D eigenvalue weighted by molar-refractivity contribution is 0.334. The lowest BCUT2D eigenvalue weighted by Gasteiger charge is -2.16. The molecule has 1 unspecified atom stereocenters. The molecule has 2 aromatic carbocycles. The first-order chi connectivity index (χ1) is 12.2. The largest absolute Gasteiger partial charge is 0.494 e. The van der Waals surface area contributed by atoms with Gasteiger partial charge in [0.15, 0.2) is 0 Å². The van der Waals surface area contributed by atoms with Crippen LogP contribution in [0.5, 0.6) is 5.75 Å². The predicted octanol–water partition coefficient (Wildman–Crippen LogP) is 4.30. The topological polar surface area (TPSA) is 49.9 Å². The number of hydrogen-bond donors (Lipinski definition) is 2. The number of aromatic nitrogens is 2. The zero-order valence-electron chi connectivity index (χ0n) is 14.9. The molecule has 0 amide bonds. The number of imidazole rings is 1. The highest BCUT2D eigenvalue weighted by Gasteiger charge is 2.17. The molecule has 3 aromatic rings. The minimum Gasteiger partial charge on any atom is -0.494 e.